The minimum Gasteiger partial charge on any atom is -0.345 e. The summed E-state index contributed by atoms with van der Waals surface area (Å²) in [6.45, 7) is -1.74. The number of nitrogens with zero attached hydrogens (tertiary/aromatic N) is 1. The molecule has 0 bridgehead atoms. The Kier molecular flexibility index (Phi) is 5.78. The lowest BCUT2D eigenvalue weighted by molar-refractivity contribution is -0.121. The molecule has 1 aromatic heterocycles. The molecule has 26 heavy (non-hydrogen) atoms. The molecule has 0 aliphatic heterocycles. The van der Waals surface area contributed by atoms with Gasteiger partial charge in [-0.3, -0.25) is 4.79 Å². The number of alkyl halides is 3. The average Bonchev–Trinajstić information content (AvgIpc) is 2.92. The number of aromatic nitrogens is 1. The van der Waals surface area contributed by atoms with Crippen LogP contribution in [0.5, 0.6) is 0 Å². The lowest BCUT2D eigenvalue weighted by Gasteiger charge is -2.08. The van der Waals surface area contributed by atoms with Crippen LogP contribution in [0, 0.1) is 5.82 Å². The van der Waals surface area contributed by atoms with Crippen molar-refractivity contribution in [3.63, 3.8) is 0 Å². The second-order valence-electron chi connectivity index (χ2n) is 5.17. The molecular formula is C14H12BrF4N3O3S. The highest BCUT2D eigenvalue weighted by Gasteiger charge is 2.31. The number of sulfonamides is 1. The van der Waals surface area contributed by atoms with Crippen molar-refractivity contribution in [3.8, 4) is 0 Å². The molecule has 2 rings (SSSR count). The van der Waals surface area contributed by atoms with Gasteiger partial charge in [-0.15, -0.1) is 0 Å². The first-order chi connectivity index (χ1) is 11.9. The van der Waals surface area contributed by atoms with E-state index in [4.69, 9.17) is 0 Å². The second-order valence-corrected chi connectivity index (χ2v) is 7.79. The van der Waals surface area contributed by atoms with Gasteiger partial charge in [0.25, 0.3) is 5.91 Å². The normalized spacial score (nSPS) is 12.2. The third kappa shape index (κ3) is 4.83. The van der Waals surface area contributed by atoms with Crippen LogP contribution in [-0.4, -0.2) is 31.6 Å². The number of nitrogens with one attached hydrogen (secondary N) is 2. The SMILES string of the molecule is Cn1cc(S(=O)(=O)NCC(F)(F)F)cc1C(=O)Nc1cccc(Br)c1F. The van der Waals surface area contributed by atoms with Gasteiger partial charge in [-0.25, -0.2) is 17.5 Å². The van der Waals surface area contributed by atoms with Crippen molar-refractivity contribution < 1.29 is 30.8 Å². The maximum atomic E-state index is 13.9. The number of benzene rings is 1. The van der Waals surface area contributed by atoms with Gasteiger partial charge in [0.1, 0.15) is 17.1 Å². The van der Waals surface area contributed by atoms with Crippen molar-refractivity contribution in [2.75, 3.05) is 11.9 Å². The summed E-state index contributed by atoms with van der Waals surface area (Å²) in [6, 6.07) is 5.09. The Morgan fingerprint density at radius 1 is 1.31 bits per heavy atom. The molecular weight excluding hydrogens is 446 g/mol. The van der Waals surface area contributed by atoms with Crippen LogP contribution in [0.15, 0.2) is 39.8 Å². The zero-order valence-electron chi connectivity index (χ0n) is 13.1. The second kappa shape index (κ2) is 7.37. The van der Waals surface area contributed by atoms with E-state index in [1.807, 2.05) is 0 Å². The van der Waals surface area contributed by atoms with Crippen LogP contribution in [0.3, 0.4) is 0 Å². The molecule has 0 saturated heterocycles. The van der Waals surface area contributed by atoms with Crippen molar-refractivity contribution in [2.24, 2.45) is 7.05 Å². The van der Waals surface area contributed by atoms with Crippen molar-refractivity contribution >= 4 is 37.5 Å². The topological polar surface area (TPSA) is 80.2 Å². The van der Waals surface area contributed by atoms with E-state index < -0.39 is 39.4 Å². The van der Waals surface area contributed by atoms with Gasteiger partial charge in [-0.05, 0) is 34.1 Å². The van der Waals surface area contributed by atoms with Gasteiger partial charge in [0.2, 0.25) is 10.0 Å². The van der Waals surface area contributed by atoms with Crippen molar-refractivity contribution in [1.29, 1.82) is 0 Å². The lowest BCUT2D eigenvalue weighted by Crippen LogP contribution is -2.33. The molecule has 2 aromatic rings. The number of hydrogen-bond donors (Lipinski definition) is 2. The Hall–Kier alpha value is -1.92. The molecule has 0 unspecified atom stereocenters. The van der Waals surface area contributed by atoms with E-state index in [2.05, 4.69) is 21.2 Å². The standard InChI is InChI=1S/C14H12BrF4N3O3S/c1-22-6-8(26(24,25)20-7-14(17,18)19)5-11(22)13(23)21-10-4-2-3-9(15)12(10)16/h2-6,20H,7H2,1H3,(H,21,23). The first kappa shape index (κ1) is 20.4. The molecule has 12 heteroatoms. The lowest BCUT2D eigenvalue weighted by atomic mass is 10.3. The van der Waals surface area contributed by atoms with E-state index in [0.29, 0.717) is 0 Å². The van der Waals surface area contributed by atoms with Gasteiger partial charge >= 0.3 is 6.18 Å². The van der Waals surface area contributed by atoms with E-state index in [1.165, 1.54) is 30.0 Å². The van der Waals surface area contributed by atoms with Gasteiger partial charge in [0, 0.05) is 13.2 Å². The Labute approximate surface area is 154 Å². The summed E-state index contributed by atoms with van der Waals surface area (Å²) >= 11 is 2.96. The first-order valence-corrected chi connectivity index (χ1v) is 9.16. The van der Waals surface area contributed by atoms with E-state index in [-0.39, 0.29) is 15.9 Å². The zero-order valence-corrected chi connectivity index (χ0v) is 15.5. The number of carbonyl (C=O) groups is 1. The fraction of sp³-hybridized carbons (Fsp3) is 0.214. The van der Waals surface area contributed by atoms with E-state index in [9.17, 15) is 30.8 Å². The van der Waals surface area contributed by atoms with Crippen molar-refractivity contribution in [1.82, 2.24) is 9.29 Å². The predicted molar refractivity (Wildman–Crippen MR) is 88.7 cm³/mol. The maximum Gasteiger partial charge on any atom is 0.402 e. The van der Waals surface area contributed by atoms with Crippen LogP contribution in [0.4, 0.5) is 23.2 Å². The minimum atomic E-state index is -4.72. The van der Waals surface area contributed by atoms with Crippen LogP contribution in [0.2, 0.25) is 0 Å². The first-order valence-electron chi connectivity index (χ1n) is 6.89. The Bertz CT molecular complexity index is 941. The fourth-order valence-electron chi connectivity index (χ4n) is 1.95. The van der Waals surface area contributed by atoms with E-state index in [1.54, 1.807) is 0 Å². The van der Waals surface area contributed by atoms with Gasteiger partial charge in [0.05, 0.1) is 10.2 Å². The Balaban J connectivity index is 2.24. The number of aryl methyl sites for hydroxylation is 1. The third-order valence-electron chi connectivity index (χ3n) is 3.19. The molecule has 1 heterocycles. The fourth-order valence-corrected chi connectivity index (χ4v) is 3.40. The van der Waals surface area contributed by atoms with E-state index in [0.717, 1.165) is 16.8 Å². The van der Waals surface area contributed by atoms with Gasteiger partial charge < -0.3 is 9.88 Å². The van der Waals surface area contributed by atoms with Crippen LogP contribution >= 0.6 is 15.9 Å². The highest BCUT2D eigenvalue weighted by atomic mass is 79.9. The Morgan fingerprint density at radius 3 is 2.58 bits per heavy atom. The summed E-state index contributed by atoms with van der Waals surface area (Å²) in [6.07, 6.45) is -3.74. The smallest absolute Gasteiger partial charge is 0.345 e. The minimum absolute atomic E-state index is 0.113. The van der Waals surface area contributed by atoms with Gasteiger partial charge in [-0.1, -0.05) is 6.07 Å². The summed E-state index contributed by atoms with van der Waals surface area (Å²) in [4.78, 5) is 11.7. The molecule has 1 aromatic carbocycles. The third-order valence-corrected chi connectivity index (χ3v) is 5.17. The van der Waals surface area contributed by atoms with E-state index >= 15 is 0 Å². The number of carbonyl (C=O) groups excluding carboxylic acids is 1. The molecule has 1 amide bonds. The average molecular weight is 458 g/mol. The van der Waals surface area contributed by atoms with Crippen molar-refractivity contribution in [3.05, 3.63) is 46.4 Å². The molecule has 0 atom stereocenters. The summed E-state index contributed by atoms with van der Waals surface area (Å²) in [5.41, 5.74) is -0.332. The number of rotatable bonds is 5. The quantitative estimate of drug-likeness (QED) is 0.677. The molecule has 2 N–H and O–H groups in total. The highest BCUT2D eigenvalue weighted by molar-refractivity contribution is 9.10. The number of halogens is 5. The largest absolute Gasteiger partial charge is 0.402 e. The highest BCUT2D eigenvalue weighted by Crippen LogP contribution is 2.23. The molecule has 6 nitrogen and oxygen atoms in total. The summed E-state index contributed by atoms with van der Waals surface area (Å²) in [5, 5.41) is 2.27. The zero-order chi connectivity index (χ0) is 19.7. The predicted octanol–water partition coefficient (Wildman–Crippen LogP) is 3.02. The molecule has 0 fully saturated rings. The monoisotopic (exact) mass is 457 g/mol. The number of hydrogen-bond acceptors (Lipinski definition) is 3. The molecule has 0 saturated carbocycles. The molecule has 0 aliphatic rings. The molecule has 142 valence electrons. The summed E-state index contributed by atoms with van der Waals surface area (Å²) in [7, 11) is -3.14. The number of amides is 1. The maximum absolute atomic E-state index is 13.9. The van der Waals surface area contributed by atoms with Crippen LogP contribution in [-0.2, 0) is 17.1 Å². The van der Waals surface area contributed by atoms with Gasteiger partial charge in [0.15, 0.2) is 5.82 Å². The summed E-state index contributed by atoms with van der Waals surface area (Å²) < 4.78 is 76.9. The number of anilines is 1. The molecule has 0 aliphatic carbocycles. The van der Waals surface area contributed by atoms with Crippen LogP contribution in [0.1, 0.15) is 10.5 Å². The molecule has 0 radical (unpaired) electrons. The van der Waals surface area contributed by atoms with Crippen molar-refractivity contribution in [2.45, 2.75) is 11.1 Å². The molecule has 0 spiro atoms. The summed E-state index contributed by atoms with van der Waals surface area (Å²) in [5.74, 6) is -1.56. The van der Waals surface area contributed by atoms with Crippen LogP contribution in [0.25, 0.3) is 0 Å². The van der Waals surface area contributed by atoms with Gasteiger partial charge in [-0.2, -0.15) is 13.2 Å². The Morgan fingerprint density at radius 2 is 1.96 bits per heavy atom. The van der Waals surface area contributed by atoms with Crippen LogP contribution < -0.4 is 10.0 Å².